The minimum absolute atomic E-state index is 0. The maximum absolute atomic E-state index is 13.5. The Morgan fingerprint density at radius 3 is 2.34 bits per heavy atom. The van der Waals surface area contributed by atoms with E-state index in [0.717, 1.165) is 78.1 Å². The van der Waals surface area contributed by atoms with Gasteiger partial charge in [0, 0.05) is 29.7 Å². The molecule has 38 heavy (non-hydrogen) atoms. The van der Waals surface area contributed by atoms with Crippen molar-refractivity contribution in [3.8, 4) is 5.75 Å². The first-order valence-electron chi connectivity index (χ1n) is 12.8. The molecule has 2 atom stereocenters. The van der Waals surface area contributed by atoms with Crippen LogP contribution in [0.25, 0.3) is 10.8 Å². The van der Waals surface area contributed by atoms with E-state index in [0.29, 0.717) is 6.42 Å². The average molecular weight is 557 g/mol. The largest absolute Gasteiger partial charge is 1.00 e. The molecule has 0 bridgehead atoms. The van der Waals surface area contributed by atoms with E-state index in [1.807, 2.05) is 60.7 Å². The van der Waals surface area contributed by atoms with E-state index in [1.165, 1.54) is 5.56 Å². The number of nitrogens with zero attached hydrogens (tertiary/aromatic N) is 2. The predicted molar refractivity (Wildman–Crippen MR) is 149 cm³/mol. The van der Waals surface area contributed by atoms with Gasteiger partial charge >= 0.3 is 0 Å². The summed E-state index contributed by atoms with van der Waals surface area (Å²) in [5, 5.41) is 7.38. The maximum atomic E-state index is 13.5. The number of hydrogen-bond donors (Lipinski definition) is 1. The summed E-state index contributed by atoms with van der Waals surface area (Å²) >= 11 is 6.09. The minimum atomic E-state index is 0. The van der Waals surface area contributed by atoms with Gasteiger partial charge in [-0.05, 0) is 54.3 Å². The second kappa shape index (κ2) is 13.8. The summed E-state index contributed by atoms with van der Waals surface area (Å²) < 4.78 is 7.06. The average Bonchev–Trinajstić information content (AvgIpc) is 3.16. The molecular weight excluding hydrogens is 521 g/mol. The van der Waals surface area contributed by atoms with Crippen LogP contribution < -0.4 is 27.6 Å². The van der Waals surface area contributed by atoms with Crippen LogP contribution in [0.4, 0.5) is 0 Å². The predicted octanol–water partition coefficient (Wildman–Crippen LogP) is 0.681. The highest BCUT2D eigenvalue weighted by Gasteiger charge is 2.24. The molecule has 1 aliphatic heterocycles. The number of nitrogens with one attached hydrogen (secondary N) is 1. The number of benzene rings is 3. The molecule has 2 heterocycles. The third kappa shape index (κ3) is 6.94. The molecule has 2 unspecified atom stereocenters. The lowest BCUT2D eigenvalue weighted by Crippen LogP contribution is -3.12. The first kappa shape index (κ1) is 29.7. The van der Waals surface area contributed by atoms with Crippen LogP contribution in [0.1, 0.15) is 42.1 Å². The molecule has 0 spiro atoms. The van der Waals surface area contributed by atoms with E-state index in [-0.39, 0.29) is 29.5 Å². The van der Waals surface area contributed by atoms with Crippen molar-refractivity contribution in [2.75, 3.05) is 26.7 Å². The molecule has 0 aliphatic carbocycles. The Bertz CT molecular complexity index is 1370. The molecule has 0 radical (unpaired) electrons. The summed E-state index contributed by atoms with van der Waals surface area (Å²) in [6.45, 7) is 3.28. The summed E-state index contributed by atoms with van der Waals surface area (Å²) in [4.78, 5) is 15.1. The number of aromatic nitrogens is 2. The maximum Gasteiger partial charge on any atom is 0.274 e. The fourth-order valence-corrected chi connectivity index (χ4v) is 5.41. The van der Waals surface area contributed by atoms with Crippen LogP contribution in [0, 0.1) is 0 Å². The first-order valence-corrected chi connectivity index (χ1v) is 13.2. The molecule has 8 heteroatoms. The molecule has 5 rings (SSSR count). The Morgan fingerprint density at radius 1 is 0.947 bits per heavy atom. The summed E-state index contributed by atoms with van der Waals surface area (Å²) in [6.07, 6.45) is 4.75. The van der Waals surface area contributed by atoms with E-state index in [4.69, 9.17) is 21.4 Å². The van der Waals surface area contributed by atoms with Gasteiger partial charge in [-0.15, -0.1) is 0 Å². The van der Waals surface area contributed by atoms with Crippen molar-refractivity contribution >= 4 is 22.4 Å². The van der Waals surface area contributed by atoms with Crippen molar-refractivity contribution in [3.63, 3.8) is 0 Å². The van der Waals surface area contributed by atoms with Crippen LogP contribution in [0.3, 0.4) is 0 Å². The number of likely N-dealkylation sites (tertiary alicyclic amines) is 1. The highest BCUT2D eigenvalue weighted by molar-refractivity contribution is 6.30. The molecule has 4 aromatic rings. The number of quaternary nitrogens is 1. The topological polar surface area (TPSA) is 80.1 Å². The fraction of sp³-hybridized carbons (Fsp3) is 0.333. The van der Waals surface area contributed by atoms with E-state index in [2.05, 4.69) is 12.1 Å². The molecular formula is C30H35Cl2N3O3. The molecule has 1 aromatic heterocycles. The molecule has 6 nitrogen and oxygen atoms in total. The molecule has 202 valence electrons. The van der Waals surface area contributed by atoms with Crippen LogP contribution in [-0.2, 0) is 12.8 Å². The lowest BCUT2D eigenvalue weighted by molar-refractivity contribution is -0.899. The van der Waals surface area contributed by atoms with Crippen LogP contribution in [0.15, 0.2) is 77.6 Å². The molecule has 1 fully saturated rings. The van der Waals surface area contributed by atoms with Gasteiger partial charge in [0.05, 0.1) is 43.9 Å². The molecule has 0 saturated carbocycles. The molecule has 3 N–H and O–H groups in total. The van der Waals surface area contributed by atoms with Gasteiger partial charge in [-0.2, -0.15) is 5.10 Å². The standard InChI is InChI=1S/C30H32ClN3O2.ClH.H2O/c1-36-26-14-10-22(11-15-26)16-19-33-18-4-5-25(17-20-33)34-30(35)28-7-3-2-6-27(28)29(32-34)21-23-8-12-24(31)13-9-23;;/h2-3,6-15,25H,4-5,16-21H2,1H3;1H;1H2. The SMILES string of the molecule is COc1ccc(CC[NH+]2CCCC(n3nc(Cc4ccc(Cl)cc4)c4ccccc4c3=O)CC2)cc1.O.[Cl-]. The Kier molecular flexibility index (Phi) is 10.7. The Balaban J connectivity index is 0.00000200. The quantitative estimate of drug-likeness (QED) is 0.364. The van der Waals surface area contributed by atoms with E-state index in [1.54, 1.807) is 16.7 Å². The van der Waals surface area contributed by atoms with Crippen molar-refractivity contribution in [1.82, 2.24) is 9.78 Å². The van der Waals surface area contributed by atoms with Gasteiger partial charge in [-0.3, -0.25) is 4.79 Å². The van der Waals surface area contributed by atoms with Crippen molar-refractivity contribution in [2.24, 2.45) is 0 Å². The number of fused-ring (bicyclic) bond motifs is 1. The van der Waals surface area contributed by atoms with Crippen LogP contribution in [0.2, 0.25) is 5.02 Å². The lowest BCUT2D eigenvalue weighted by Gasteiger charge is -2.19. The van der Waals surface area contributed by atoms with Gasteiger partial charge in [-0.25, -0.2) is 4.68 Å². The third-order valence-corrected chi connectivity index (χ3v) is 7.61. The van der Waals surface area contributed by atoms with E-state index < -0.39 is 0 Å². The van der Waals surface area contributed by atoms with Crippen molar-refractivity contribution in [1.29, 1.82) is 0 Å². The summed E-state index contributed by atoms with van der Waals surface area (Å²) in [6, 6.07) is 24.2. The molecule has 1 saturated heterocycles. The summed E-state index contributed by atoms with van der Waals surface area (Å²) in [7, 11) is 1.70. The van der Waals surface area contributed by atoms with Crippen LogP contribution >= 0.6 is 11.6 Å². The zero-order valence-corrected chi connectivity index (χ0v) is 23.1. The third-order valence-electron chi connectivity index (χ3n) is 7.36. The van der Waals surface area contributed by atoms with Crippen LogP contribution in [0.5, 0.6) is 5.75 Å². The van der Waals surface area contributed by atoms with Gasteiger partial charge in [0.25, 0.3) is 5.56 Å². The Morgan fingerprint density at radius 2 is 1.63 bits per heavy atom. The number of hydrogen-bond acceptors (Lipinski definition) is 3. The summed E-state index contributed by atoms with van der Waals surface area (Å²) in [5.41, 5.74) is 3.44. The first-order chi connectivity index (χ1) is 17.6. The molecule has 3 aromatic carbocycles. The Hall–Kier alpha value is -2.90. The van der Waals surface area contributed by atoms with Gasteiger partial charge in [0.2, 0.25) is 0 Å². The van der Waals surface area contributed by atoms with Crippen molar-refractivity contribution < 1.29 is 27.5 Å². The lowest BCUT2D eigenvalue weighted by atomic mass is 10.0. The minimum Gasteiger partial charge on any atom is -1.00 e. The van der Waals surface area contributed by atoms with E-state index in [9.17, 15) is 4.79 Å². The number of methoxy groups -OCH3 is 1. The number of halogens is 2. The van der Waals surface area contributed by atoms with Crippen molar-refractivity contribution in [3.05, 3.63) is 105 Å². The highest BCUT2D eigenvalue weighted by Crippen LogP contribution is 2.22. The normalized spacial score (nSPS) is 17.2. The van der Waals surface area contributed by atoms with Gasteiger partial charge < -0.3 is 27.5 Å². The zero-order chi connectivity index (χ0) is 24.9. The van der Waals surface area contributed by atoms with Gasteiger partial charge in [0.15, 0.2) is 0 Å². The fourth-order valence-electron chi connectivity index (χ4n) is 5.28. The Labute approximate surface area is 234 Å². The van der Waals surface area contributed by atoms with Crippen LogP contribution in [-0.4, -0.2) is 42.0 Å². The van der Waals surface area contributed by atoms with Gasteiger partial charge in [0.1, 0.15) is 5.75 Å². The second-order valence-corrected chi connectivity index (χ2v) is 10.2. The van der Waals surface area contributed by atoms with Crippen molar-refractivity contribution in [2.45, 2.75) is 38.1 Å². The number of ether oxygens (including phenoxy) is 1. The second-order valence-electron chi connectivity index (χ2n) is 9.73. The van der Waals surface area contributed by atoms with Gasteiger partial charge in [-0.1, -0.05) is 54.1 Å². The molecule has 0 amide bonds. The highest BCUT2D eigenvalue weighted by atomic mass is 35.5. The monoisotopic (exact) mass is 555 g/mol. The number of rotatable bonds is 7. The smallest absolute Gasteiger partial charge is 0.274 e. The molecule has 1 aliphatic rings. The van der Waals surface area contributed by atoms with E-state index >= 15 is 0 Å². The zero-order valence-electron chi connectivity index (χ0n) is 21.6. The summed E-state index contributed by atoms with van der Waals surface area (Å²) in [5.74, 6) is 0.896.